The summed E-state index contributed by atoms with van der Waals surface area (Å²) in [4.78, 5) is 8.10. The summed E-state index contributed by atoms with van der Waals surface area (Å²) in [7, 11) is 1.50. The van der Waals surface area contributed by atoms with Crippen LogP contribution in [0.2, 0.25) is 0 Å². The summed E-state index contributed by atoms with van der Waals surface area (Å²) in [6, 6.07) is 4.68. The van der Waals surface area contributed by atoms with E-state index in [9.17, 15) is 4.39 Å². The molecule has 94 valence electrons. The SMILES string of the molecule is COc1nc(Nc2ccc(Br)cc2F)ncc1Br. The number of methoxy groups -OCH3 is 1. The second kappa shape index (κ2) is 5.62. The lowest BCUT2D eigenvalue weighted by Gasteiger charge is -2.08. The van der Waals surface area contributed by atoms with Gasteiger partial charge in [0.25, 0.3) is 0 Å². The predicted molar refractivity (Wildman–Crippen MR) is 73.7 cm³/mol. The lowest BCUT2D eigenvalue weighted by molar-refractivity contribution is 0.394. The molecule has 1 aromatic carbocycles. The number of ether oxygens (including phenoxy) is 1. The van der Waals surface area contributed by atoms with Crippen LogP contribution in [-0.2, 0) is 0 Å². The van der Waals surface area contributed by atoms with E-state index in [2.05, 4.69) is 47.1 Å². The summed E-state index contributed by atoms with van der Waals surface area (Å²) in [5, 5.41) is 2.78. The number of halogens is 3. The fourth-order valence-corrected chi connectivity index (χ4v) is 1.95. The Bertz CT molecular complexity index is 580. The van der Waals surface area contributed by atoms with Crippen LogP contribution < -0.4 is 10.1 Å². The van der Waals surface area contributed by atoms with E-state index in [1.165, 1.54) is 19.4 Å². The molecule has 0 bridgehead atoms. The zero-order valence-corrected chi connectivity index (χ0v) is 12.4. The molecular formula is C11H8Br2FN3O. The fourth-order valence-electron chi connectivity index (χ4n) is 1.27. The smallest absolute Gasteiger partial charge is 0.232 e. The molecule has 4 nitrogen and oxygen atoms in total. The zero-order chi connectivity index (χ0) is 13.1. The third-order valence-electron chi connectivity index (χ3n) is 2.08. The highest BCUT2D eigenvalue weighted by Gasteiger charge is 2.08. The van der Waals surface area contributed by atoms with Gasteiger partial charge in [-0.2, -0.15) is 4.98 Å². The number of hydrogen-bond acceptors (Lipinski definition) is 4. The Morgan fingerprint density at radius 2 is 2.11 bits per heavy atom. The van der Waals surface area contributed by atoms with Crippen molar-refractivity contribution < 1.29 is 9.13 Å². The molecule has 2 rings (SSSR count). The van der Waals surface area contributed by atoms with Gasteiger partial charge >= 0.3 is 0 Å². The van der Waals surface area contributed by atoms with Crippen molar-refractivity contribution >= 4 is 43.5 Å². The van der Waals surface area contributed by atoms with Gasteiger partial charge in [0.1, 0.15) is 5.82 Å². The van der Waals surface area contributed by atoms with Crippen molar-refractivity contribution in [3.8, 4) is 5.88 Å². The number of benzene rings is 1. The van der Waals surface area contributed by atoms with Gasteiger partial charge in [-0.05, 0) is 34.1 Å². The molecule has 0 unspecified atom stereocenters. The molecule has 0 amide bonds. The van der Waals surface area contributed by atoms with Crippen LogP contribution in [0.1, 0.15) is 0 Å². The van der Waals surface area contributed by atoms with Crippen molar-refractivity contribution in [2.45, 2.75) is 0 Å². The van der Waals surface area contributed by atoms with Crippen molar-refractivity contribution in [3.63, 3.8) is 0 Å². The van der Waals surface area contributed by atoms with E-state index >= 15 is 0 Å². The lowest BCUT2D eigenvalue weighted by atomic mass is 10.3. The molecule has 0 aliphatic carbocycles. The van der Waals surface area contributed by atoms with Gasteiger partial charge in [0.05, 0.1) is 23.5 Å². The first-order valence-corrected chi connectivity index (χ1v) is 6.47. The van der Waals surface area contributed by atoms with Crippen LogP contribution in [0.5, 0.6) is 5.88 Å². The van der Waals surface area contributed by atoms with Crippen molar-refractivity contribution in [1.82, 2.24) is 9.97 Å². The van der Waals surface area contributed by atoms with Gasteiger partial charge in [0.15, 0.2) is 0 Å². The summed E-state index contributed by atoms with van der Waals surface area (Å²) in [6.07, 6.45) is 1.53. The minimum atomic E-state index is -0.394. The first-order chi connectivity index (χ1) is 8.60. The van der Waals surface area contributed by atoms with Gasteiger partial charge in [0, 0.05) is 4.47 Å². The molecule has 18 heavy (non-hydrogen) atoms. The van der Waals surface area contributed by atoms with Gasteiger partial charge in [0.2, 0.25) is 11.8 Å². The van der Waals surface area contributed by atoms with Gasteiger partial charge in [-0.1, -0.05) is 15.9 Å². The van der Waals surface area contributed by atoms with Crippen molar-refractivity contribution in [1.29, 1.82) is 0 Å². The maximum absolute atomic E-state index is 13.6. The van der Waals surface area contributed by atoms with Crippen molar-refractivity contribution in [3.05, 3.63) is 39.2 Å². The molecule has 0 atom stereocenters. The Balaban J connectivity index is 2.28. The Kier molecular flexibility index (Phi) is 4.13. The first kappa shape index (κ1) is 13.2. The fraction of sp³-hybridized carbons (Fsp3) is 0.0909. The summed E-state index contributed by atoms with van der Waals surface area (Å²) in [5.41, 5.74) is 0.294. The number of aromatic nitrogens is 2. The van der Waals surface area contributed by atoms with Crippen molar-refractivity contribution in [2.75, 3.05) is 12.4 Å². The molecule has 1 aromatic heterocycles. The molecule has 0 saturated heterocycles. The van der Waals surface area contributed by atoms with Crippen LogP contribution >= 0.6 is 31.9 Å². The minimum absolute atomic E-state index is 0.260. The molecule has 1 heterocycles. The van der Waals surface area contributed by atoms with Crippen LogP contribution in [0.3, 0.4) is 0 Å². The quantitative estimate of drug-likeness (QED) is 0.882. The molecule has 0 spiro atoms. The summed E-state index contributed by atoms with van der Waals surface area (Å²) in [5.74, 6) is 0.246. The number of rotatable bonds is 3. The highest BCUT2D eigenvalue weighted by Crippen LogP contribution is 2.25. The number of anilines is 2. The summed E-state index contributed by atoms with van der Waals surface area (Å²) < 4.78 is 19.9. The van der Waals surface area contributed by atoms with Crippen LogP contribution in [0, 0.1) is 5.82 Å². The molecule has 0 aliphatic rings. The molecule has 2 aromatic rings. The van der Waals surface area contributed by atoms with E-state index in [0.717, 1.165) is 0 Å². The molecule has 0 saturated carbocycles. The number of nitrogens with one attached hydrogen (secondary N) is 1. The minimum Gasteiger partial charge on any atom is -0.480 e. The van der Waals surface area contributed by atoms with Crippen molar-refractivity contribution in [2.24, 2.45) is 0 Å². The molecule has 0 aliphatic heterocycles. The highest BCUT2D eigenvalue weighted by atomic mass is 79.9. The molecule has 7 heteroatoms. The van der Waals surface area contributed by atoms with E-state index in [0.29, 0.717) is 20.5 Å². The average molecular weight is 377 g/mol. The second-order valence-corrected chi connectivity index (χ2v) is 5.07. The largest absolute Gasteiger partial charge is 0.480 e. The Morgan fingerprint density at radius 3 is 2.78 bits per heavy atom. The third kappa shape index (κ3) is 2.97. The van der Waals surface area contributed by atoms with Crippen LogP contribution in [0.25, 0.3) is 0 Å². The highest BCUT2D eigenvalue weighted by molar-refractivity contribution is 9.10. The lowest BCUT2D eigenvalue weighted by Crippen LogP contribution is -2.00. The van der Waals surface area contributed by atoms with E-state index in [1.54, 1.807) is 12.1 Å². The number of nitrogens with zero attached hydrogens (tertiary/aromatic N) is 2. The summed E-state index contributed by atoms with van der Waals surface area (Å²) in [6.45, 7) is 0. The van der Waals surface area contributed by atoms with E-state index in [4.69, 9.17) is 4.74 Å². The Labute approximate surface area is 120 Å². The monoisotopic (exact) mass is 375 g/mol. The Morgan fingerprint density at radius 1 is 1.33 bits per heavy atom. The predicted octanol–water partition coefficient (Wildman–Crippen LogP) is 3.89. The van der Waals surface area contributed by atoms with Gasteiger partial charge in [-0.3, -0.25) is 0 Å². The van der Waals surface area contributed by atoms with Gasteiger partial charge in [-0.15, -0.1) is 0 Å². The van der Waals surface area contributed by atoms with E-state index in [-0.39, 0.29) is 5.95 Å². The topological polar surface area (TPSA) is 47.0 Å². The van der Waals surface area contributed by atoms with Crippen LogP contribution in [0.15, 0.2) is 33.3 Å². The maximum atomic E-state index is 13.6. The van der Waals surface area contributed by atoms with Crippen LogP contribution in [-0.4, -0.2) is 17.1 Å². The normalized spacial score (nSPS) is 10.2. The van der Waals surface area contributed by atoms with Crippen LogP contribution in [0.4, 0.5) is 16.0 Å². The molecule has 0 fully saturated rings. The van der Waals surface area contributed by atoms with Gasteiger partial charge in [-0.25, -0.2) is 9.37 Å². The summed E-state index contributed by atoms with van der Waals surface area (Å²) >= 11 is 6.43. The second-order valence-electron chi connectivity index (χ2n) is 3.30. The maximum Gasteiger partial charge on any atom is 0.232 e. The van der Waals surface area contributed by atoms with E-state index < -0.39 is 5.82 Å². The van der Waals surface area contributed by atoms with Gasteiger partial charge < -0.3 is 10.1 Å². The standard InChI is InChI=1S/C11H8Br2FN3O/c1-18-10-7(13)5-15-11(17-10)16-9-3-2-6(12)4-8(9)14/h2-5H,1H3,(H,15,16,17). The first-order valence-electron chi connectivity index (χ1n) is 4.89. The van der Waals surface area contributed by atoms with E-state index in [1.807, 2.05) is 0 Å². The third-order valence-corrected chi connectivity index (χ3v) is 3.12. The molecule has 0 radical (unpaired) electrons. The molecule has 1 N–H and O–H groups in total. The molecular weight excluding hydrogens is 369 g/mol. The average Bonchev–Trinajstić information content (AvgIpc) is 2.35. The Hall–Kier alpha value is -1.21. The zero-order valence-electron chi connectivity index (χ0n) is 9.25. The number of hydrogen-bond donors (Lipinski definition) is 1.